The highest BCUT2D eigenvalue weighted by Gasteiger charge is 2.31. The number of carbonyl (C=O) groups excluding carboxylic acids is 1. The summed E-state index contributed by atoms with van der Waals surface area (Å²) in [6.07, 6.45) is 2.27. The molecule has 0 spiro atoms. The Labute approximate surface area is 162 Å². The van der Waals surface area contributed by atoms with E-state index in [-0.39, 0.29) is 18.1 Å². The second kappa shape index (κ2) is 6.92. The smallest absolute Gasteiger partial charge is 0.356 e. The largest absolute Gasteiger partial charge is 0.476 e. The van der Waals surface area contributed by atoms with Gasteiger partial charge in [-0.3, -0.25) is 14.5 Å². The van der Waals surface area contributed by atoms with Gasteiger partial charge in [-0.25, -0.2) is 4.79 Å². The lowest BCUT2D eigenvalue weighted by atomic mass is 9.97. The van der Waals surface area contributed by atoms with Crippen molar-refractivity contribution in [2.75, 3.05) is 6.54 Å². The summed E-state index contributed by atoms with van der Waals surface area (Å²) in [4.78, 5) is 31.0. The maximum atomic E-state index is 13.4. The zero-order chi connectivity index (χ0) is 19.8. The number of aromatic nitrogens is 3. The highest BCUT2D eigenvalue weighted by atomic mass is 16.4. The van der Waals surface area contributed by atoms with E-state index in [4.69, 9.17) is 0 Å². The van der Waals surface area contributed by atoms with E-state index in [2.05, 4.69) is 10.1 Å². The lowest BCUT2D eigenvalue weighted by Gasteiger charge is -2.28. The molecule has 1 N–H and O–H groups in total. The minimum Gasteiger partial charge on any atom is -0.476 e. The molecule has 1 aliphatic rings. The van der Waals surface area contributed by atoms with Gasteiger partial charge in [0.2, 0.25) is 0 Å². The highest BCUT2D eigenvalue weighted by Crippen LogP contribution is 2.29. The number of fused-ring (bicyclic) bond motifs is 1. The predicted octanol–water partition coefficient (Wildman–Crippen LogP) is 2.69. The summed E-state index contributed by atoms with van der Waals surface area (Å²) < 4.78 is 1.60. The molecule has 0 aliphatic carbocycles. The van der Waals surface area contributed by atoms with E-state index in [1.54, 1.807) is 22.8 Å². The maximum Gasteiger partial charge on any atom is 0.356 e. The quantitative estimate of drug-likeness (QED) is 0.759. The molecule has 0 unspecified atom stereocenters. The average molecular weight is 376 g/mol. The molecule has 0 radical (unpaired) electrons. The molecule has 3 heterocycles. The monoisotopic (exact) mass is 376 g/mol. The molecule has 1 amide bonds. The van der Waals surface area contributed by atoms with Gasteiger partial charge in [0.1, 0.15) is 0 Å². The van der Waals surface area contributed by atoms with Gasteiger partial charge in [0.05, 0.1) is 17.8 Å². The molecule has 1 aliphatic heterocycles. The van der Waals surface area contributed by atoms with Crippen LogP contribution in [0.15, 0.2) is 42.6 Å². The second-order valence-corrected chi connectivity index (χ2v) is 6.86. The zero-order valence-corrected chi connectivity index (χ0v) is 15.7. The van der Waals surface area contributed by atoms with Crippen LogP contribution in [0.1, 0.15) is 37.8 Å². The summed E-state index contributed by atoms with van der Waals surface area (Å²) in [5, 5.41) is 13.6. The summed E-state index contributed by atoms with van der Waals surface area (Å²) in [6, 6.07) is 11.6. The van der Waals surface area contributed by atoms with Crippen molar-refractivity contribution in [1.82, 2.24) is 19.7 Å². The Bertz CT molecular complexity index is 1070. The minimum absolute atomic E-state index is 0.0150. The van der Waals surface area contributed by atoms with Crippen LogP contribution in [0.2, 0.25) is 0 Å². The van der Waals surface area contributed by atoms with Gasteiger partial charge in [0.25, 0.3) is 5.91 Å². The fourth-order valence-corrected chi connectivity index (χ4v) is 3.79. The Kier molecular flexibility index (Phi) is 4.43. The third-order valence-electron chi connectivity index (χ3n) is 5.17. The number of nitrogens with zero attached hydrogens (tertiary/aromatic N) is 4. The number of hydrogen-bond acceptors (Lipinski definition) is 4. The lowest BCUT2D eigenvalue weighted by molar-refractivity contribution is 0.0674. The Morgan fingerprint density at radius 3 is 2.61 bits per heavy atom. The van der Waals surface area contributed by atoms with Gasteiger partial charge in [0.15, 0.2) is 5.69 Å². The summed E-state index contributed by atoms with van der Waals surface area (Å²) in [5.74, 6) is -1.22. The van der Waals surface area contributed by atoms with Crippen LogP contribution in [-0.2, 0) is 20.0 Å². The molecule has 0 saturated carbocycles. The molecule has 3 aromatic rings. The van der Waals surface area contributed by atoms with Gasteiger partial charge in [-0.2, -0.15) is 5.10 Å². The van der Waals surface area contributed by atoms with E-state index < -0.39 is 5.97 Å². The first-order valence-corrected chi connectivity index (χ1v) is 9.05. The third-order valence-corrected chi connectivity index (χ3v) is 5.17. The first-order chi connectivity index (χ1) is 13.5. The van der Waals surface area contributed by atoms with Crippen LogP contribution >= 0.6 is 0 Å². The van der Waals surface area contributed by atoms with E-state index in [1.807, 2.05) is 43.3 Å². The number of carboxylic acids is 1. The first kappa shape index (κ1) is 17.9. The number of aromatic carboxylic acids is 1. The molecular weight excluding hydrogens is 356 g/mol. The van der Waals surface area contributed by atoms with Gasteiger partial charge in [-0.1, -0.05) is 30.3 Å². The lowest BCUT2D eigenvalue weighted by Crippen LogP contribution is -2.37. The van der Waals surface area contributed by atoms with Crippen LogP contribution in [0.4, 0.5) is 0 Å². The van der Waals surface area contributed by atoms with Crippen molar-refractivity contribution in [3.05, 3.63) is 70.8 Å². The van der Waals surface area contributed by atoms with Gasteiger partial charge in [-0.05, 0) is 24.1 Å². The van der Waals surface area contributed by atoms with E-state index in [0.29, 0.717) is 29.8 Å². The molecule has 0 fully saturated rings. The Balaban J connectivity index is 1.73. The molecule has 7 nitrogen and oxygen atoms in total. The number of hydrogen-bond donors (Lipinski definition) is 1. The van der Waals surface area contributed by atoms with Gasteiger partial charge in [-0.15, -0.1) is 0 Å². The van der Waals surface area contributed by atoms with Crippen LogP contribution in [0, 0.1) is 6.92 Å². The standard InChI is InChI=1S/C21H20N4O3/c1-13-18(15(8-10-22-13)14-6-4-3-5-7-14)20(26)25-11-9-17-16(12-25)19(21(27)28)23-24(17)2/h3-8,10H,9,11-12H2,1-2H3,(H,27,28). The molecule has 1 aromatic carbocycles. The predicted molar refractivity (Wildman–Crippen MR) is 103 cm³/mol. The van der Waals surface area contributed by atoms with Gasteiger partial charge >= 0.3 is 5.97 Å². The van der Waals surface area contributed by atoms with Crippen molar-refractivity contribution < 1.29 is 14.7 Å². The average Bonchev–Trinajstić information content (AvgIpc) is 3.04. The van der Waals surface area contributed by atoms with Crippen molar-refractivity contribution in [3.63, 3.8) is 0 Å². The van der Waals surface area contributed by atoms with E-state index in [0.717, 1.165) is 16.8 Å². The second-order valence-electron chi connectivity index (χ2n) is 6.86. The van der Waals surface area contributed by atoms with Crippen molar-refractivity contribution in [1.29, 1.82) is 0 Å². The topological polar surface area (TPSA) is 88.3 Å². The molecule has 0 atom stereocenters. The zero-order valence-electron chi connectivity index (χ0n) is 15.7. The van der Waals surface area contributed by atoms with Crippen molar-refractivity contribution in [2.45, 2.75) is 19.9 Å². The fraction of sp³-hybridized carbons (Fsp3) is 0.238. The number of carbonyl (C=O) groups is 2. The van der Waals surface area contributed by atoms with E-state index in [1.165, 1.54) is 0 Å². The van der Waals surface area contributed by atoms with Crippen molar-refractivity contribution >= 4 is 11.9 Å². The molecule has 0 bridgehead atoms. The Hall–Kier alpha value is -3.48. The number of carboxylic acid groups (broad SMARTS) is 1. The fourth-order valence-electron chi connectivity index (χ4n) is 3.79. The van der Waals surface area contributed by atoms with Crippen LogP contribution in [0.5, 0.6) is 0 Å². The first-order valence-electron chi connectivity index (χ1n) is 9.05. The molecule has 142 valence electrons. The highest BCUT2D eigenvalue weighted by molar-refractivity contribution is 6.02. The summed E-state index contributed by atoms with van der Waals surface area (Å²) >= 11 is 0. The molecule has 4 rings (SSSR count). The Morgan fingerprint density at radius 1 is 1.14 bits per heavy atom. The van der Waals surface area contributed by atoms with Crippen LogP contribution < -0.4 is 0 Å². The van der Waals surface area contributed by atoms with E-state index >= 15 is 0 Å². The number of amides is 1. The summed E-state index contributed by atoms with van der Waals surface area (Å²) in [7, 11) is 1.74. The van der Waals surface area contributed by atoms with Crippen LogP contribution in [0.3, 0.4) is 0 Å². The maximum absolute atomic E-state index is 13.4. The number of aryl methyl sites for hydroxylation is 2. The minimum atomic E-state index is -1.08. The van der Waals surface area contributed by atoms with Gasteiger partial charge < -0.3 is 10.0 Å². The van der Waals surface area contributed by atoms with Crippen LogP contribution in [0.25, 0.3) is 11.1 Å². The Morgan fingerprint density at radius 2 is 1.89 bits per heavy atom. The molecule has 28 heavy (non-hydrogen) atoms. The normalized spacial score (nSPS) is 13.3. The number of rotatable bonds is 3. The number of pyridine rings is 1. The SMILES string of the molecule is Cc1nccc(-c2ccccc2)c1C(=O)N1CCc2c(c(C(=O)O)nn2C)C1. The number of benzene rings is 1. The summed E-state index contributed by atoms with van der Waals surface area (Å²) in [5.41, 5.74) is 4.47. The summed E-state index contributed by atoms with van der Waals surface area (Å²) in [6.45, 7) is 2.56. The molecular formula is C21H20N4O3. The van der Waals surface area contributed by atoms with E-state index in [9.17, 15) is 14.7 Å². The van der Waals surface area contributed by atoms with Gasteiger partial charge in [0, 0.05) is 37.5 Å². The third kappa shape index (κ3) is 2.94. The molecule has 7 heteroatoms. The van der Waals surface area contributed by atoms with Crippen molar-refractivity contribution in [2.24, 2.45) is 7.05 Å². The molecule has 0 saturated heterocycles. The van der Waals surface area contributed by atoms with Crippen molar-refractivity contribution in [3.8, 4) is 11.1 Å². The van der Waals surface area contributed by atoms with Crippen LogP contribution in [-0.4, -0.2) is 43.2 Å². The molecule has 2 aromatic heterocycles.